The number of carbonyl (C=O) groups excluding carboxylic acids is 1. The quantitative estimate of drug-likeness (QED) is 0.127. The van der Waals surface area contributed by atoms with Crippen molar-refractivity contribution in [2.24, 2.45) is 0 Å². The molecule has 0 fully saturated rings. The number of amides is 1. The minimum absolute atomic E-state index is 0.126. The third kappa shape index (κ3) is 8.23. The zero-order valence-electron chi connectivity index (χ0n) is 24.4. The van der Waals surface area contributed by atoms with Gasteiger partial charge in [0.15, 0.2) is 5.82 Å². The van der Waals surface area contributed by atoms with Crippen LogP contribution < -0.4 is 16.0 Å². The van der Waals surface area contributed by atoms with Crippen LogP contribution in [0.3, 0.4) is 0 Å². The summed E-state index contributed by atoms with van der Waals surface area (Å²) in [6.07, 6.45) is 8.57. The van der Waals surface area contributed by atoms with E-state index in [1.54, 1.807) is 12.4 Å². The number of aromatic nitrogens is 4. The number of aliphatic carboxylic acids is 1. The van der Waals surface area contributed by atoms with Crippen LogP contribution in [-0.4, -0.2) is 74.2 Å². The average Bonchev–Trinajstić information content (AvgIpc) is 3.03. The average molecular weight is 583 g/mol. The molecule has 4 aromatic rings. The molecule has 0 spiro atoms. The van der Waals surface area contributed by atoms with Gasteiger partial charge in [-0.25, -0.2) is 19.7 Å². The number of unbranched alkanes of at least 4 members (excludes halogenated alkanes) is 1. The number of hydrogen-bond donors (Lipinski definition) is 4. The smallest absolute Gasteiger partial charge is 0.326 e. The predicted molar refractivity (Wildman–Crippen MR) is 167 cm³/mol. The van der Waals surface area contributed by atoms with Gasteiger partial charge in [-0.05, 0) is 81.0 Å². The summed E-state index contributed by atoms with van der Waals surface area (Å²) >= 11 is 0. The van der Waals surface area contributed by atoms with E-state index < -0.39 is 12.0 Å². The molecule has 43 heavy (non-hydrogen) atoms. The molecule has 3 aromatic heterocycles. The number of para-hydroxylation sites is 1. The fourth-order valence-corrected chi connectivity index (χ4v) is 5.19. The van der Waals surface area contributed by atoms with Crippen molar-refractivity contribution in [1.29, 1.82) is 0 Å². The molecule has 5 rings (SSSR count). The van der Waals surface area contributed by atoms with Crippen LogP contribution in [0.4, 0.5) is 11.6 Å². The van der Waals surface area contributed by atoms with Crippen molar-refractivity contribution in [2.45, 2.75) is 51.5 Å². The van der Waals surface area contributed by atoms with Crippen molar-refractivity contribution in [2.75, 3.05) is 36.9 Å². The first-order valence-corrected chi connectivity index (χ1v) is 14.8. The van der Waals surface area contributed by atoms with Crippen LogP contribution in [0, 0.1) is 0 Å². The van der Waals surface area contributed by atoms with Crippen molar-refractivity contribution < 1.29 is 14.7 Å². The van der Waals surface area contributed by atoms with Gasteiger partial charge in [-0.3, -0.25) is 14.7 Å². The Kier molecular flexibility index (Phi) is 10.1. The zero-order valence-corrected chi connectivity index (χ0v) is 24.4. The normalized spacial score (nSPS) is 13.3. The lowest BCUT2D eigenvalue weighted by atomic mass is 10.1. The third-order valence-corrected chi connectivity index (χ3v) is 7.53. The molecule has 0 saturated heterocycles. The third-order valence-electron chi connectivity index (χ3n) is 7.53. The maximum absolute atomic E-state index is 12.4. The predicted octanol–water partition coefficient (Wildman–Crippen LogP) is 4.12. The Labute approximate surface area is 251 Å². The molecule has 4 N–H and O–H groups in total. The van der Waals surface area contributed by atoms with Gasteiger partial charge in [-0.1, -0.05) is 18.2 Å². The number of carbonyl (C=O) groups is 2. The minimum atomic E-state index is -0.975. The number of carboxylic acid groups (broad SMARTS) is 1. The molecule has 11 nitrogen and oxygen atoms in total. The summed E-state index contributed by atoms with van der Waals surface area (Å²) in [6, 6.07) is 14.6. The molecule has 1 aromatic carbocycles. The number of benzene rings is 1. The van der Waals surface area contributed by atoms with E-state index in [0.29, 0.717) is 36.8 Å². The van der Waals surface area contributed by atoms with Crippen LogP contribution in [0.5, 0.6) is 0 Å². The molecule has 0 aliphatic carbocycles. The molecule has 1 amide bonds. The first kappa shape index (κ1) is 29.8. The van der Waals surface area contributed by atoms with Crippen LogP contribution >= 0.6 is 0 Å². The maximum atomic E-state index is 12.4. The summed E-state index contributed by atoms with van der Waals surface area (Å²) in [6.45, 7) is 3.99. The van der Waals surface area contributed by atoms with Crippen molar-refractivity contribution in [3.8, 4) is 11.4 Å². The molecule has 4 heterocycles. The lowest BCUT2D eigenvalue weighted by molar-refractivity contribution is -0.138. The van der Waals surface area contributed by atoms with E-state index in [1.807, 2.05) is 36.4 Å². The van der Waals surface area contributed by atoms with E-state index in [4.69, 9.17) is 4.98 Å². The van der Waals surface area contributed by atoms with Gasteiger partial charge >= 0.3 is 5.97 Å². The Morgan fingerprint density at radius 2 is 1.93 bits per heavy atom. The van der Waals surface area contributed by atoms with E-state index in [9.17, 15) is 14.7 Å². The van der Waals surface area contributed by atoms with Crippen LogP contribution in [0.15, 0.2) is 60.9 Å². The summed E-state index contributed by atoms with van der Waals surface area (Å²) in [5.41, 5.74) is 3.80. The first-order chi connectivity index (χ1) is 21.0. The van der Waals surface area contributed by atoms with Gasteiger partial charge in [0.2, 0.25) is 5.91 Å². The highest BCUT2D eigenvalue weighted by Gasteiger charge is 2.21. The molecular formula is C32H38N8O3. The van der Waals surface area contributed by atoms with E-state index >= 15 is 0 Å². The summed E-state index contributed by atoms with van der Waals surface area (Å²) in [5.74, 6) is 0.829. The van der Waals surface area contributed by atoms with Gasteiger partial charge in [0.25, 0.3) is 0 Å². The lowest BCUT2D eigenvalue weighted by Gasteiger charge is -2.25. The fourth-order valence-electron chi connectivity index (χ4n) is 5.19. The number of aryl methyl sites for hydroxylation is 2. The monoisotopic (exact) mass is 582 g/mol. The molecule has 1 aliphatic heterocycles. The number of fused-ring (bicyclic) bond motifs is 2. The van der Waals surface area contributed by atoms with Crippen molar-refractivity contribution >= 4 is 34.4 Å². The summed E-state index contributed by atoms with van der Waals surface area (Å²) in [4.78, 5) is 44.4. The lowest BCUT2D eigenvalue weighted by Crippen LogP contribution is -2.41. The summed E-state index contributed by atoms with van der Waals surface area (Å²) in [5, 5.41) is 20.3. The molecule has 1 unspecified atom stereocenters. The van der Waals surface area contributed by atoms with Crippen LogP contribution in [0.2, 0.25) is 0 Å². The maximum Gasteiger partial charge on any atom is 0.326 e. The second kappa shape index (κ2) is 14.5. The van der Waals surface area contributed by atoms with Crippen LogP contribution in [-0.2, 0) is 22.4 Å². The summed E-state index contributed by atoms with van der Waals surface area (Å²) in [7, 11) is 0. The van der Waals surface area contributed by atoms with E-state index in [1.165, 1.54) is 12.5 Å². The van der Waals surface area contributed by atoms with Gasteiger partial charge in [-0.15, -0.1) is 0 Å². The molecular weight excluding hydrogens is 544 g/mol. The molecule has 1 aliphatic rings. The zero-order chi connectivity index (χ0) is 30.0. The second-order valence-electron chi connectivity index (χ2n) is 10.8. The number of hydrogen-bond acceptors (Lipinski definition) is 9. The number of nitrogens with one attached hydrogen (secondary N) is 3. The van der Waals surface area contributed by atoms with Crippen molar-refractivity contribution in [3.05, 3.63) is 72.2 Å². The highest BCUT2D eigenvalue weighted by molar-refractivity contribution is 5.92. The number of carboxylic acids is 1. The Bertz CT molecular complexity index is 1550. The second-order valence-corrected chi connectivity index (χ2v) is 10.8. The van der Waals surface area contributed by atoms with E-state index in [-0.39, 0.29) is 5.91 Å². The fraction of sp³-hybridized carbons (Fsp3) is 0.375. The number of nitrogens with zero attached hydrogens (tertiary/aromatic N) is 5. The van der Waals surface area contributed by atoms with Gasteiger partial charge < -0.3 is 21.1 Å². The van der Waals surface area contributed by atoms with Gasteiger partial charge in [0, 0.05) is 49.1 Å². The van der Waals surface area contributed by atoms with Gasteiger partial charge in [-0.2, -0.15) is 0 Å². The largest absolute Gasteiger partial charge is 0.480 e. The highest BCUT2D eigenvalue weighted by atomic mass is 16.4. The molecule has 0 radical (unpaired) electrons. The Hall–Kier alpha value is -4.64. The highest BCUT2D eigenvalue weighted by Crippen LogP contribution is 2.25. The standard InChI is InChI=1S/C32H38N8O3/c1-22(41)35-21-40(18-5-4-10-25-14-13-23-8-7-17-34-29(23)36-25)19-15-28(32(42)43)38-31-26-11-2-3-12-27(26)37-30(39-31)24-9-6-16-33-20-24/h2-3,6,9,11-14,16,20,28H,4-5,7-8,10,15,17-19,21H2,1H3,(H,34,36)(H,35,41)(H,42,43)(H,37,38,39). The topological polar surface area (TPSA) is 145 Å². The SMILES string of the molecule is CC(=O)NCN(CCCCc1ccc2c(n1)NCCC2)CCC(Nc1nc(-c2cccnc2)nc2ccccc12)C(=O)O. The molecule has 224 valence electrons. The Morgan fingerprint density at radius 3 is 2.74 bits per heavy atom. The number of anilines is 2. The van der Waals surface area contributed by atoms with Crippen LogP contribution in [0.1, 0.15) is 43.9 Å². The van der Waals surface area contributed by atoms with Crippen molar-refractivity contribution in [1.82, 2.24) is 30.2 Å². The molecule has 11 heteroatoms. The van der Waals surface area contributed by atoms with E-state index in [0.717, 1.165) is 67.7 Å². The Morgan fingerprint density at radius 1 is 1.05 bits per heavy atom. The molecule has 1 atom stereocenters. The van der Waals surface area contributed by atoms with E-state index in [2.05, 4.69) is 47.9 Å². The van der Waals surface area contributed by atoms with Gasteiger partial charge in [0.1, 0.15) is 17.7 Å². The first-order valence-electron chi connectivity index (χ1n) is 14.8. The number of pyridine rings is 2. The molecule has 0 bridgehead atoms. The van der Waals surface area contributed by atoms with Gasteiger partial charge in [0.05, 0.1) is 12.2 Å². The van der Waals surface area contributed by atoms with Crippen molar-refractivity contribution in [3.63, 3.8) is 0 Å². The minimum Gasteiger partial charge on any atom is -0.480 e. The molecule has 0 saturated carbocycles. The Balaban J connectivity index is 1.23. The number of rotatable bonds is 14. The summed E-state index contributed by atoms with van der Waals surface area (Å²) < 4.78 is 0. The van der Waals surface area contributed by atoms with Crippen LogP contribution in [0.25, 0.3) is 22.3 Å².